The number of hydrogen-bond acceptors (Lipinski definition) is 4. The van der Waals surface area contributed by atoms with Gasteiger partial charge in [0.25, 0.3) is 0 Å². The van der Waals surface area contributed by atoms with E-state index in [-0.39, 0.29) is 49.6 Å². The molecule has 13 heavy (non-hydrogen) atoms. The Hall–Kier alpha value is 0.686. The molecule has 0 aromatic rings. The number of hydrogen-bond donors (Lipinski definition) is 0. The summed E-state index contributed by atoms with van der Waals surface area (Å²) in [5.41, 5.74) is 0. The predicted molar refractivity (Wildman–Crippen MR) is 21.7 cm³/mol. The fraction of sp³-hybridized carbons (Fsp3) is 0. The van der Waals surface area contributed by atoms with Gasteiger partial charge < -0.3 is 51.5 Å². The minimum atomic E-state index is -0.417. The number of halogens is 2. The Morgan fingerprint density at radius 3 is 0.462 bits per heavy atom. The summed E-state index contributed by atoms with van der Waals surface area (Å²) in [5.74, 6) is 0. The quantitative estimate of drug-likeness (QED) is 0.420. The zero-order valence-corrected chi connectivity index (χ0v) is 8.28. The normalized spacial score (nSPS) is 2.77. The van der Waals surface area contributed by atoms with Crippen molar-refractivity contribution in [1.29, 1.82) is 0 Å². The van der Waals surface area contributed by atoms with Gasteiger partial charge in [-0.05, 0) is 0 Å². The summed E-state index contributed by atoms with van der Waals surface area (Å²) in [6.45, 7) is 0. The molecule has 0 bridgehead atoms. The van der Waals surface area contributed by atoms with E-state index in [0.717, 1.165) is 0 Å². The van der Waals surface area contributed by atoms with Crippen LogP contribution in [0.4, 0.5) is 0 Å². The van der Waals surface area contributed by atoms with Crippen molar-refractivity contribution in [2.24, 2.45) is 0 Å². The molecular formula is H12Cl2CoO10. The van der Waals surface area contributed by atoms with Crippen molar-refractivity contribution in [3.05, 3.63) is 0 Å². The number of rotatable bonds is 0. The van der Waals surface area contributed by atoms with Crippen molar-refractivity contribution in [3.63, 3.8) is 0 Å². The van der Waals surface area contributed by atoms with E-state index >= 15 is 0 Å². The summed E-state index contributed by atoms with van der Waals surface area (Å²) in [7, 11) is 0. The van der Waals surface area contributed by atoms with Gasteiger partial charge in [-0.2, -0.15) is 0 Å². The van der Waals surface area contributed by atoms with E-state index in [1.54, 1.807) is 0 Å². The maximum absolute atomic E-state index is 8.24. The van der Waals surface area contributed by atoms with Crippen molar-refractivity contribution in [3.8, 4) is 0 Å². The Labute approximate surface area is 91.4 Å². The van der Waals surface area contributed by atoms with Crippen LogP contribution in [0.25, 0.3) is 0 Å². The smallest absolute Gasteiger partial charge is 0.544 e. The van der Waals surface area contributed by atoms with E-state index in [1.165, 1.54) is 0 Å². The molecule has 0 aliphatic carbocycles. The van der Waals surface area contributed by atoms with Crippen LogP contribution in [0.3, 0.4) is 0 Å². The summed E-state index contributed by atoms with van der Waals surface area (Å²) in [6, 6.07) is 0. The van der Waals surface area contributed by atoms with Crippen LogP contribution in [0.2, 0.25) is 0 Å². The van der Waals surface area contributed by atoms with Gasteiger partial charge in [-0.15, -0.1) is 0 Å². The first-order chi connectivity index (χ1) is 2.83. The fourth-order valence-electron chi connectivity index (χ4n) is 0. The second kappa shape index (κ2) is 240. The third-order valence-corrected chi connectivity index (χ3v) is 0. The van der Waals surface area contributed by atoms with Crippen LogP contribution >= 0.6 is 0 Å². The Balaban J connectivity index is -0.00000000229. The Bertz CT molecular complexity index is 14.9. The molecule has 0 aliphatic heterocycles. The maximum Gasteiger partial charge on any atom is 2.00 e. The third kappa shape index (κ3) is 3070. The first kappa shape index (κ1) is 100. The molecule has 0 unspecified atom stereocenters. The van der Waals surface area contributed by atoms with E-state index in [0.29, 0.717) is 0 Å². The zero-order chi connectivity index (χ0) is 5.41. The predicted octanol–water partition coefficient (Wildman–Crippen LogP) is -9.71. The van der Waals surface area contributed by atoms with Gasteiger partial charge in [0, 0.05) is 0 Å². The molecule has 95 valence electrons. The monoisotopic (exact) mass is 301 g/mol. The molecule has 10 nitrogen and oxygen atoms in total. The molecule has 0 amide bonds. The maximum atomic E-state index is 8.24. The molecule has 1 radical (unpaired) electrons. The first-order valence-corrected chi connectivity index (χ1v) is 1.85. The van der Waals surface area contributed by atoms with Crippen molar-refractivity contribution in [1.82, 2.24) is 0 Å². The van der Waals surface area contributed by atoms with E-state index in [4.69, 9.17) is 18.6 Å². The third-order valence-electron chi connectivity index (χ3n) is 0. The van der Waals surface area contributed by atoms with Gasteiger partial charge >= 0.3 is 16.8 Å². The summed E-state index contributed by atoms with van der Waals surface area (Å²) in [4.78, 5) is 0. The summed E-state index contributed by atoms with van der Waals surface area (Å²) < 4.78 is 32.9. The molecule has 0 aliphatic rings. The van der Waals surface area contributed by atoms with Crippen LogP contribution in [0.1, 0.15) is 0 Å². The molecule has 0 saturated carbocycles. The molecule has 0 heterocycles. The Morgan fingerprint density at radius 1 is 0.462 bits per heavy atom. The van der Waals surface area contributed by atoms with Crippen molar-refractivity contribution < 1.29 is 90.9 Å². The largest absolute Gasteiger partial charge is 2.00 e. The molecule has 0 atom stereocenters. The van der Waals surface area contributed by atoms with Gasteiger partial charge in [-0.1, -0.05) is 0 Å². The second-order valence-electron chi connectivity index (χ2n) is 0.126. The Kier molecular flexibility index (Phi) is 1850. The molecule has 12 N–H and O–H groups in total. The summed E-state index contributed by atoms with van der Waals surface area (Å²) in [6.07, 6.45) is 0. The molecular weight excluding hydrogens is 290 g/mol. The first-order valence-electron chi connectivity index (χ1n) is 0.617. The molecule has 0 saturated heterocycles. The molecule has 0 fully saturated rings. The van der Waals surface area contributed by atoms with Gasteiger partial charge in [0.1, 0.15) is 0 Å². The summed E-state index contributed by atoms with van der Waals surface area (Å²) >= 11 is -0.833. The van der Waals surface area contributed by atoms with Crippen LogP contribution < -0.4 is 18.6 Å². The fourth-order valence-corrected chi connectivity index (χ4v) is 0. The Morgan fingerprint density at radius 2 is 0.462 bits per heavy atom. The van der Waals surface area contributed by atoms with Crippen LogP contribution in [-0.2, 0) is 16.8 Å². The van der Waals surface area contributed by atoms with Crippen LogP contribution in [0.5, 0.6) is 0 Å². The van der Waals surface area contributed by atoms with Crippen molar-refractivity contribution in [2.75, 3.05) is 0 Å². The molecule has 13 heteroatoms. The molecule has 0 spiro atoms. The molecule has 0 aromatic heterocycles. The minimum absolute atomic E-state index is 0. The second-order valence-corrected chi connectivity index (χ2v) is 0.378. The summed E-state index contributed by atoms with van der Waals surface area (Å²) in [5, 5.41) is 0. The van der Waals surface area contributed by atoms with Crippen LogP contribution in [0, 0.1) is 22.7 Å². The SMILES string of the molecule is O.O.O.O.O.O.[Co+2].[O-][Cl+][O-].[O-][Cl+][O-]. The zero-order valence-electron chi connectivity index (χ0n) is 5.72. The van der Waals surface area contributed by atoms with Crippen molar-refractivity contribution >= 4 is 0 Å². The van der Waals surface area contributed by atoms with Crippen LogP contribution in [-0.4, -0.2) is 32.9 Å². The van der Waals surface area contributed by atoms with Crippen molar-refractivity contribution in [2.45, 2.75) is 0 Å². The van der Waals surface area contributed by atoms with Gasteiger partial charge in [0.05, 0.1) is 22.7 Å². The van der Waals surface area contributed by atoms with Crippen LogP contribution in [0.15, 0.2) is 0 Å². The van der Waals surface area contributed by atoms with Gasteiger partial charge in [-0.25, -0.2) is 0 Å². The topological polar surface area (TPSA) is 281 Å². The van der Waals surface area contributed by atoms with E-state index in [2.05, 4.69) is 0 Å². The minimum Gasteiger partial charge on any atom is -0.544 e. The molecule has 0 rings (SSSR count). The average molecular weight is 302 g/mol. The van der Waals surface area contributed by atoms with Gasteiger partial charge in [0.15, 0.2) is 0 Å². The average Bonchev–Trinajstić information content (AvgIpc) is 1.39. The van der Waals surface area contributed by atoms with E-state index in [1.807, 2.05) is 0 Å². The standard InChI is InChI=1S/2ClO2.Co.6H2O/c2*2-1-3;;;;;;;/h;;;6*1H2/q2*-1;+2;;;;;;. The molecule has 0 aromatic carbocycles. The van der Waals surface area contributed by atoms with Gasteiger partial charge in [0.2, 0.25) is 0 Å². The van der Waals surface area contributed by atoms with E-state index in [9.17, 15) is 0 Å². The van der Waals surface area contributed by atoms with Gasteiger partial charge in [-0.3, -0.25) is 0 Å². The van der Waals surface area contributed by atoms with E-state index < -0.39 is 22.7 Å².